The molecule has 3 unspecified atom stereocenters. The van der Waals surface area contributed by atoms with Gasteiger partial charge in [0.15, 0.2) is 0 Å². The summed E-state index contributed by atoms with van der Waals surface area (Å²) in [5.41, 5.74) is 0. The summed E-state index contributed by atoms with van der Waals surface area (Å²) in [4.78, 5) is 23.1. The molecule has 0 aromatic heterocycles. The minimum Gasteiger partial charge on any atom is -0.387 e. The van der Waals surface area contributed by atoms with Crippen LogP contribution in [0.5, 0.6) is 0 Å². The molecule has 0 aliphatic carbocycles. The zero-order valence-electron chi connectivity index (χ0n) is 40.9. The molecule has 8 nitrogen and oxygen atoms in total. The number of quaternary nitrogens is 1. The number of likely N-dealkylation sites (N-methyl/N-ethyl adjacent to an activating group) is 1. The molecule has 0 bridgehead atoms. The van der Waals surface area contributed by atoms with E-state index in [-0.39, 0.29) is 19.1 Å². The van der Waals surface area contributed by atoms with E-state index in [1.165, 1.54) is 180 Å². The first-order chi connectivity index (χ1) is 29.5. The van der Waals surface area contributed by atoms with E-state index in [1.54, 1.807) is 6.08 Å². The van der Waals surface area contributed by atoms with Gasteiger partial charge in [0.05, 0.1) is 39.9 Å². The fraction of sp³-hybridized carbons (Fsp3) is 0.865. The molecule has 0 aliphatic rings. The number of phosphoric acid groups is 1. The molecule has 0 aromatic rings. The monoisotopic (exact) mass is 882 g/mol. The van der Waals surface area contributed by atoms with Gasteiger partial charge in [0, 0.05) is 6.42 Å². The highest BCUT2D eigenvalue weighted by molar-refractivity contribution is 7.47. The van der Waals surface area contributed by atoms with Gasteiger partial charge in [-0.25, -0.2) is 4.57 Å². The third-order valence-electron chi connectivity index (χ3n) is 11.6. The predicted molar refractivity (Wildman–Crippen MR) is 263 cm³/mol. The molecule has 0 aliphatic heterocycles. The van der Waals surface area contributed by atoms with Gasteiger partial charge in [-0.05, 0) is 57.8 Å². The van der Waals surface area contributed by atoms with Crippen LogP contribution in [0.15, 0.2) is 36.5 Å². The van der Waals surface area contributed by atoms with Crippen molar-refractivity contribution in [2.45, 2.75) is 251 Å². The van der Waals surface area contributed by atoms with Crippen molar-refractivity contribution in [2.24, 2.45) is 0 Å². The van der Waals surface area contributed by atoms with Crippen LogP contribution in [0, 0.1) is 0 Å². The van der Waals surface area contributed by atoms with Crippen LogP contribution < -0.4 is 5.32 Å². The molecule has 0 aromatic carbocycles. The van der Waals surface area contributed by atoms with Crippen molar-refractivity contribution in [1.82, 2.24) is 5.32 Å². The van der Waals surface area contributed by atoms with Crippen LogP contribution >= 0.6 is 7.82 Å². The van der Waals surface area contributed by atoms with Crippen LogP contribution in [0.25, 0.3) is 0 Å². The highest BCUT2D eigenvalue weighted by atomic mass is 31.2. The number of allylic oxidation sites excluding steroid dienone is 5. The smallest absolute Gasteiger partial charge is 0.387 e. The molecule has 0 saturated carbocycles. The lowest BCUT2D eigenvalue weighted by Gasteiger charge is -2.25. The first kappa shape index (κ1) is 59.7. The summed E-state index contributed by atoms with van der Waals surface area (Å²) >= 11 is 0. The van der Waals surface area contributed by atoms with Crippen molar-refractivity contribution in [3.8, 4) is 0 Å². The summed E-state index contributed by atoms with van der Waals surface area (Å²) in [5.74, 6) is -0.187. The first-order valence-corrected chi connectivity index (χ1v) is 27.4. The number of aliphatic hydroxyl groups is 1. The Bertz CT molecular complexity index is 1090. The second-order valence-electron chi connectivity index (χ2n) is 18.9. The lowest BCUT2D eigenvalue weighted by molar-refractivity contribution is -0.870. The van der Waals surface area contributed by atoms with Crippen molar-refractivity contribution in [2.75, 3.05) is 40.9 Å². The van der Waals surface area contributed by atoms with Crippen molar-refractivity contribution < 1.29 is 32.9 Å². The maximum absolute atomic E-state index is 12.9. The van der Waals surface area contributed by atoms with E-state index in [0.29, 0.717) is 17.4 Å². The Labute approximate surface area is 378 Å². The van der Waals surface area contributed by atoms with Crippen LogP contribution in [-0.4, -0.2) is 73.4 Å². The number of unbranched alkanes of at least 4 members (excludes halogenated alkanes) is 30. The molecule has 61 heavy (non-hydrogen) atoms. The summed E-state index contributed by atoms with van der Waals surface area (Å²) < 4.78 is 23.5. The molecule has 1 amide bonds. The topological polar surface area (TPSA) is 105 Å². The van der Waals surface area contributed by atoms with Gasteiger partial charge in [-0.3, -0.25) is 13.8 Å². The van der Waals surface area contributed by atoms with Crippen molar-refractivity contribution in [3.05, 3.63) is 36.5 Å². The number of hydrogen-bond donors (Lipinski definition) is 3. The standard InChI is InChI=1S/C52H101N2O6P/c1-6-8-10-12-14-16-18-19-20-21-22-23-24-25-26-27-28-29-30-31-32-33-34-35-36-38-40-42-44-46-52(56)53-50(49-60-61(57,58)59-48-47-54(3,4)5)51(55)45-43-41-39-37-17-15-13-11-9-7-2/h17,21-22,37,43,45,50-51,55H,6-16,18-20,23-36,38-42,44,46-49H2,1-5H3,(H-,53,56,57,58)/p+1/b22-21-,37-17+,45-43+. The Kier molecular flexibility index (Phi) is 43.0. The Morgan fingerprint density at radius 3 is 1.33 bits per heavy atom. The van der Waals surface area contributed by atoms with E-state index in [9.17, 15) is 19.4 Å². The van der Waals surface area contributed by atoms with E-state index in [2.05, 4.69) is 43.5 Å². The number of phosphoric ester groups is 1. The largest absolute Gasteiger partial charge is 0.472 e. The van der Waals surface area contributed by atoms with Crippen LogP contribution in [0.2, 0.25) is 0 Å². The molecule has 0 saturated heterocycles. The summed E-state index contributed by atoms with van der Waals surface area (Å²) in [5, 5.41) is 13.8. The van der Waals surface area contributed by atoms with Gasteiger partial charge in [-0.1, -0.05) is 211 Å². The lowest BCUT2D eigenvalue weighted by Crippen LogP contribution is -2.45. The molecular formula is C52H102N2O6P+. The molecular weight excluding hydrogens is 780 g/mol. The quantitative estimate of drug-likeness (QED) is 0.0243. The molecule has 9 heteroatoms. The fourth-order valence-electron chi connectivity index (χ4n) is 7.46. The highest BCUT2D eigenvalue weighted by Gasteiger charge is 2.27. The minimum atomic E-state index is -4.34. The number of carbonyl (C=O) groups excluding carboxylic acids is 1. The molecule has 0 fully saturated rings. The molecule has 3 N–H and O–H groups in total. The Hall–Kier alpha value is -1.28. The maximum atomic E-state index is 12.9. The average Bonchev–Trinajstić information content (AvgIpc) is 3.21. The SMILES string of the molecule is CCCCCC/C=C/CC/C=C/C(O)C(COP(=O)(O)OCC[N+](C)(C)C)NC(=O)CCCCCCCCCCCCCCCCCCC/C=C\CCCCCCCCCC. The van der Waals surface area contributed by atoms with Crippen molar-refractivity contribution in [3.63, 3.8) is 0 Å². The number of aliphatic hydroxyl groups excluding tert-OH is 1. The second kappa shape index (κ2) is 43.9. The highest BCUT2D eigenvalue weighted by Crippen LogP contribution is 2.43. The van der Waals surface area contributed by atoms with E-state index in [4.69, 9.17) is 9.05 Å². The maximum Gasteiger partial charge on any atom is 0.472 e. The van der Waals surface area contributed by atoms with Gasteiger partial charge in [-0.2, -0.15) is 0 Å². The zero-order chi connectivity index (χ0) is 45.0. The summed E-state index contributed by atoms with van der Waals surface area (Å²) in [6.07, 6.45) is 55.4. The van der Waals surface area contributed by atoms with Crippen LogP contribution in [0.4, 0.5) is 0 Å². The van der Waals surface area contributed by atoms with Gasteiger partial charge in [0.1, 0.15) is 13.2 Å². The Morgan fingerprint density at radius 2 is 0.902 bits per heavy atom. The molecule has 0 rings (SSSR count). The van der Waals surface area contributed by atoms with Gasteiger partial charge >= 0.3 is 7.82 Å². The molecule has 3 atom stereocenters. The third-order valence-corrected chi connectivity index (χ3v) is 12.6. The van der Waals surface area contributed by atoms with Gasteiger partial charge in [0.25, 0.3) is 0 Å². The number of nitrogens with one attached hydrogen (secondary N) is 1. The Balaban J connectivity index is 4.04. The number of hydrogen-bond acceptors (Lipinski definition) is 5. The van der Waals surface area contributed by atoms with Gasteiger partial charge in [-0.15, -0.1) is 0 Å². The fourth-order valence-corrected chi connectivity index (χ4v) is 8.20. The van der Waals surface area contributed by atoms with Crippen LogP contribution in [0.3, 0.4) is 0 Å². The molecule has 0 heterocycles. The summed E-state index contributed by atoms with van der Waals surface area (Å²) in [6, 6.07) is -0.859. The van der Waals surface area contributed by atoms with E-state index in [0.717, 1.165) is 38.5 Å². The third kappa shape index (κ3) is 46.5. The number of rotatable bonds is 47. The van der Waals surface area contributed by atoms with Gasteiger partial charge < -0.3 is 19.8 Å². The van der Waals surface area contributed by atoms with Crippen molar-refractivity contribution >= 4 is 13.7 Å². The lowest BCUT2D eigenvalue weighted by atomic mass is 10.0. The normalized spacial score (nSPS) is 14.4. The van der Waals surface area contributed by atoms with Crippen molar-refractivity contribution in [1.29, 1.82) is 0 Å². The molecule has 360 valence electrons. The number of amides is 1. The first-order valence-electron chi connectivity index (χ1n) is 25.9. The molecule has 0 radical (unpaired) electrons. The van der Waals surface area contributed by atoms with Crippen LogP contribution in [-0.2, 0) is 18.4 Å². The molecule has 0 spiro atoms. The van der Waals surface area contributed by atoms with E-state index < -0.39 is 20.0 Å². The summed E-state index contributed by atoms with van der Waals surface area (Å²) in [6.45, 7) is 4.77. The van der Waals surface area contributed by atoms with E-state index in [1.807, 2.05) is 27.2 Å². The number of nitrogens with zero attached hydrogens (tertiary/aromatic N) is 1. The minimum absolute atomic E-state index is 0.0569. The average molecular weight is 882 g/mol. The predicted octanol–water partition coefficient (Wildman–Crippen LogP) is 15.0. The Morgan fingerprint density at radius 1 is 0.541 bits per heavy atom. The second-order valence-corrected chi connectivity index (χ2v) is 20.3. The summed E-state index contributed by atoms with van der Waals surface area (Å²) in [7, 11) is 1.56. The number of carbonyl (C=O) groups is 1. The van der Waals surface area contributed by atoms with Crippen LogP contribution in [0.1, 0.15) is 239 Å². The zero-order valence-corrected chi connectivity index (χ0v) is 41.8. The van der Waals surface area contributed by atoms with E-state index >= 15 is 0 Å². The van der Waals surface area contributed by atoms with Gasteiger partial charge in [0.2, 0.25) is 5.91 Å².